The molecule has 1 saturated heterocycles. The highest BCUT2D eigenvalue weighted by atomic mass is 19.4. The molecule has 128 valence electrons. The van der Waals surface area contributed by atoms with Gasteiger partial charge in [0.15, 0.2) is 12.1 Å². The molecule has 1 fully saturated rings. The standard InChI is InChI=1S/C13H20F3NO5/c1-5-20-6-7-21-8-9(13(14,15)16)17(10(8)18)11(19)22-12(2,3)4/h8-9H,5-7H2,1-4H3/t8-,9-/m1/s1. The van der Waals surface area contributed by atoms with Crippen LogP contribution in [0.2, 0.25) is 0 Å². The molecule has 0 unspecified atom stereocenters. The van der Waals surface area contributed by atoms with E-state index in [0.29, 0.717) is 6.61 Å². The number of nitrogens with zero attached hydrogens (tertiary/aromatic N) is 1. The second kappa shape index (κ2) is 6.82. The fraction of sp³-hybridized carbons (Fsp3) is 0.846. The topological polar surface area (TPSA) is 65.1 Å². The van der Waals surface area contributed by atoms with Gasteiger partial charge in [0.05, 0.1) is 13.2 Å². The van der Waals surface area contributed by atoms with Crippen molar-refractivity contribution >= 4 is 12.0 Å². The first-order chi connectivity index (χ1) is 9.99. The highest BCUT2D eigenvalue weighted by molar-refractivity contribution is 6.01. The van der Waals surface area contributed by atoms with Gasteiger partial charge < -0.3 is 14.2 Å². The maximum absolute atomic E-state index is 13.0. The van der Waals surface area contributed by atoms with Crippen LogP contribution < -0.4 is 0 Å². The second-order valence-electron chi connectivity index (χ2n) is 5.66. The molecule has 0 aromatic heterocycles. The molecule has 0 radical (unpaired) electrons. The smallest absolute Gasteiger partial charge is 0.417 e. The predicted octanol–water partition coefficient (Wildman–Crippen LogP) is 2.12. The summed E-state index contributed by atoms with van der Waals surface area (Å²) < 4.78 is 53.7. The third kappa shape index (κ3) is 4.57. The lowest BCUT2D eigenvalue weighted by Crippen LogP contribution is -2.73. The number of ether oxygens (including phenoxy) is 3. The van der Waals surface area contributed by atoms with E-state index in [1.165, 1.54) is 20.8 Å². The number of likely N-dealkylation sites (tertiary alicyclic amines) is 1. The minimum Gasteiger partial charge on any atom is -0.443 e. The van der Waals surface area contributed by atoms with Gasteiger partial charge in [-0.1, -0.05) is 0 Å². The van der Waals surface area contributed by atoms with Crippen molar-refractivity contribution in [1.82, 2.24) is 4.90 Å². The monoisotopic (exact) mass is 327 g/mol. The lowest BCUT2D eigenvalue weighted by Gasteiger charge is -2.45. The number of hydrogen-bond donors (Lipinski definition) is 0. The maximum atomic E-state index is 13.0. The van der Waals surface area contributed by atoms with Gasteiger partial charge in [0.25, 0.3) is 5.91 Å². The first-order valence-electron chi connectivity index (χ1n) is 6.81. The van der Waals surface area contributed by atoms with Crippen molar-refractivity contribution in [2.45, 2.75) is 51.6 Å². The number of alkyl halides is 3. The van der Waals surface area contributed by atoms with Crippen LogP contribution in [0.5, 0.6) is 0 Å². The van der Waals surface area contributed by atoms with E-state index in [-0.39, 0.29) is 18.1 Å². The molecule has 22 heavy (non-hydrogen) atoms. The summed E-state index contributed by atoms with van der Waals surface area (Å²) in [4.78, 5) is 23.6. The summed E-state index contributed by atoms with van der Waals surface area (Å²) in [6, 6.07) is -2.34. The summed E-state index contributed by atoms with van der Waals surface area (Å²) in [6.07, 6.45) is -7.86. The molecular formula is C13H20F3NO5. The van der Waals surface area contributed by atoms with E-state index in [1.807, 2.05) is 0 Å². The molecule has 1 rings (SSSR count). The Hall–Kier alpha value is -1.35. The van der Waals surface area contributed by atoms with E-state index in [0.717, 1.165) is 0 Å². The van der Waals surface area contributed by atoms with Gasteiger partial charge in [0, 0.05) is 6.61 Å². The summed E-state index contributed by atoms with van der Waals surface area (Å²) in [5.74, 6) is -1.06. The molecule has 0 N–H and O–H groups in total. The van der Waals surface area contributed by atoms with Crippen LogP contribution in [0.1, 0.15) is 27.7 Å². The molecule has 0 aliphatic carbocycles. The third-order valence-electron chi connectivity index (χ3n) is 2.70. The van der Waals surface area contributed by atoms with Crippen LogP contribution in [0, 0.1) is 0 Å². The van der Waals surface area contributed by atoms with Gasteiger partial charge in [-0.05, 0) is 27.7 Å². The Morgan fingerprint density at radius 2 is 1.82 bits per heavy atom. The van der Waals surface area contributed by atoms with E-state index < -0.39 is 35.9 Å². The van der Waals surface area contributed by atoms with Crippen molar-refractivity contribution in [1.29, 1.82) is 0 Å². The van der Waals surface area contributed by atoms with Crippen molar-refractivity contribution in [3.63, 3.8) is 0 Å². The average molecular weight is 327 g/mol. The first kappa shape index (κ1) is 18.7. The largest absolute Gasteiger partial charge is 0.443 e. The Bertz CT molecular complexity index is 419. The quantitative estimate of drug-likeness (QED) is 0.572. The van der Waals surface area contributed by atoms with E-state index in [4.69, 9.17) is 14.2 Å². The molecule has 0 aromatic carbocycles. The van der Waals surface area contributed by atoms with Gasteiger partial charge in [-0.3, -0.25) is 4.79 Å². The minimum atomic E-state index is -4.79. The molecule has 1 aliphatic rings. The number of amides is 2. The zero-order valence-corrected chi connectivity index (χ0v) is 12.9. The van der Waals surface area contributed by atoms with Crippen LogP contribution in [-0.2, 0) is 19.0 Å². The molecule has 1 aliphatic heterocycles. The lowest BCUT2D eigenvalue weighted by molar-refractivity contribution is -0.244. The SMILES string of the molecule is CCOCCO[C@H]1C(=O)N(C(=O)OC(C)(C)C)[C@H]1C(F)(F)F. The molecule has 2 atom stereocenters. The van der Waals surface area contributed by atoms with Crippen molar-refractivity contribution < 1.29 is 37.0 Å². The van der Waals surface area contributed by atoms with E-state index in [2.05, 4.69) is 0 Å². The van der Waals surface area contributed by atoms with Gasteiger partial charge in [0.2, 0.25) is 0 Å². The zero-order chi connectivity index (χ0) is 17.1. The summed E-state index contributed by atoms with van der Waals surface area (Å²) >= 11 is 0. The summed E-state index contributed by atoms with van der Waals surface area (Å²) in [5.41, 5.74) is -1.01. The second-order valence-corrected chi connectivity index (χ2v) is 5.66. The van der Waals surface area contributed by atoms with Crippen LogP contribution in [0.25, 0.3) is 0 Å². The Kier molecular flexibility index (Phi) is 5.80. The number of hydrogen-bond acceptors (Lipinski definition) is 5. The summed E-state index contributed by atoms with van der Waals surface area (Å²) in [7, 11) is 0. The number of imide groups is 1. The first-order valence-corrected chi connectivity index (χ1v) is 6.81. The van der Waals surface area contributed by atoms with Crippen molar-refractivity contribution in [3.05, 3.63) is 0 Å². The number of carbonyl (C=O) groups is 2. The van der Waals surface area contributed by atoms with E-state index in [9.17, 15) is 22.8 Å². The molecule has 0 bridgehead atoms. The van der Waals surface area contributed by atoms with Crippen LogP contribution in [0.15, 0.2) is 0 Å². The Balaban J connectivity index is 2.75. The molecule has 2 amide bonds. The Morgan fingerprint density at radius 3 is 2.27 bits per heavy atom. The Labute approximate surface area is 126 Å². The van der Waals surface area contributed by atoms with Gasteiger partial charge >= 0.3 is 12.3 Å². The van der Waals surface area contributed by atoms with E-state index >= 15 is 0 Å². The van der Waals surface area contributed by atoms with Crippen LogP contribution in [-0.4, -0.2) is 60.6 Å². The zero-order valence-electron chi connectivity index (χ0n) is 12.9. The minimum absolute atomic E-state index is 0.0522. The molecule has 0 saturated carbocycles. The van der Waals surface area contributed by atoms with Gasteiger partial charge in [0.1, 0.15) is 5.60 Å². The van der Waals surface area contributed by atoms with Crippen molar-refractivity contribution in [2.75, 3.05) is 19.8 Å². The molecule has 6 nitrogen and oxygen atoms in total. The number of rotatable bonds is 5. The highest BCUT2D eigenvalue weighted by Crippen LogP contribution is 2.37. The third-order valence-corrected chi connectivity index (χ3v) is 2.70. The maximum Gasteiger partial charge on any atom is 0.417 e. The predicted molar refractivity (Wildman–Crippen MR) is 69.2 cm³/mol. The molecule has 0 spiro atoms. The molecule has 0 aromatic rings. The number of carbonyl (C=O) groups excluding carboxylic acids is 2. The van der Waals surface area contributed by atoms with Crippen molar-refractivity contribution in [2.24, 2.45) is 0 Å². The van der Waals surface area contributed by atoms with Gasteiger partial charge in [-0.25, -0.2) is 9.69 Å². The molecule has 1 heterocycles. The lowest BCUT2D eigenvalue weighted by atomic mass is 9.98. The van der Waals surface area contributed by atoms with Crippen molar-refractivity contribution in [3.8, 4) is 0 Å². The van der Waals surface area contributed by atoms with Crippen LogP contribution in [0.3, 0.4) is 0 Å². The fourth-order valence-electron chi connectivity index (χ4n) is 1.84. The average Bonchev–Trinajstić information content (AvgIpc) is 2.31. The van der Waals surface area contributed by atoms with Crippen LogP contribution in [0.4, 0.5) is 18.0 Å². The summed E-state index contributed by atoms with van der Waals surface area (Å²) in [6.45, 7) is 6.48. The van der Waals surface area contributed by atoms with Gasteiger partial charge in [-0.15, -0.1) is 0 Å². The molecular weight excluding hydrogens is 307 g/mol. The highest BCUT2D eigenvalue weighted by Gasteiger charge is 2.65. The fourth-order valence-corrected chi connectivity index (χ4v) is 1.84. The van der Waals surface area contributed by atoms with Gasteiger partial charge in [-0.2, -0.15) is 13.2 Å². The summed E-state index contributed by atoms with van der Waals surface area (Å²) in [5, 5.41) is 0. The van der Waals surface area contributed by atoms with E-state index in [1.54, 1.807) is 6.92 Å². The number of β-lactam (4-membered cyclic amide) rings is 1. The Morgan fingerprint density at radius 1 is 1.23 bits per heavy atom. The molecule has 9 heteroatoms. The normalized spacial score (nSPS) is 22.5. The van der Waals surface area contributed by atoms with Crippen LogP contribution >= 0.6 is 0 Å². The number of halogens is 3.